The second kappa shape index (κ2) is 3.28. The molecule has 0 aliphatic carbocycles. The molecule has 0 fully saturated rings. The Morgan fingerprint density at radius 2 is 2.15 bits per heavy atom. The van der Waals surface area contributed by atoms with Gasteiger partial charge in [-0.1, -0.05) is 18.2 Å². The van der Waals surface area contributed by atoms with Crippen molar-refractivity contribution in [3.8, 4) is 0 Å². The first-order chi connectivity index (χ1) is 5.90. The average Bonchev–Trinajstić information content (AvgIpc) is 1.97. The fourth-order valence-electron chi connectivity index (χ4n) is 1.62. The number of aliphatic hydroxyl groups excluding tert-OH is 1. The molecule has 0 aromatic carbocycles. The van der Waals surface area contributed by atoms with E-state index in [1.807, 2.05) is 32.9 Å². The van der Waals surface area contributed by atoms with Crippen molar-refractivity contribution in [2.45, 2.75) is 44.5 Å². The largest absolute Gasteiger partial charge is 0.386 e. The molecule has 1 aliphatic heterocycles. The molecular weight excluding hydrogens is 164 g/mol. The van der Waals surface area contributed by atoms with E-state index in [1.54, 1.807) is 6.08 Å². The number of hydrogen-bond donors (Lipinski definition) is 1. The molecule has 2 unspecified atom stereocenters. The van der Waals surface area contributed by atoms with Crippen molar-refractivity contribution in [3.63, 3.8) is 0 Å². The molecule has 0 radical (unpaired) electrons. The molecule has 0 bridgehead atoms. The number of hydrogen-bond acceptors (Lipinski definition) is 2. The molecule has 2 nitrogen and oxygen atoms in total. The van der Waals surface area contributed by atoms with Gasteiger partial charge in [-0.05, 0) is 27.2 Å². The van der Waals surface area contributed by atoms with Crippen molar-refractivity contribution >= 4 is 0 Å². The smallest absolute Gasteiger partial charge is 0.101 e. The lowest BCUT2D eigenvalue weighted by atomic mass is 9.90. The third-order valence-electron chi connectivity index (χ3n) is 2.39. The molecule has 0 amide bonds. The fraction of sp³-hybridized carbons (Fsp3) is 0.636. The van der Waals surface area contributed by atoms with Crippen LogP contribution >= 0.6 is 0 Å². The van der Waals surface area contributed by atoms with Gasteiger partial charge in [0.25, 0.3) is 0 Å². The zero-order valence-corrected chi connectivity index (χ0v) is 8.58. The van der Waals surface area contributed by atoms with Crippen molar-refractivity contribution in [2.24, 2.45) is 0 Å². The van der Waals surface area contributed by atoms with Crippen LogP contribution in [0.25, 0.3) is 0 Å². The first-order valence-corrected chi connectivity index (χ1v) is 4.58. The molecule has 0 aromatic heterocycles. The van der Waals surface area contributed by atoms with E-state index in [0.29, 0.717) is 0 Å². The van der Waals surface area contributed by atoms with Crippen LogP contribution in [0.1, 0.15) is 27.2 Å². The molecule has 0 spiro atoms. The quantitative estimate of drug-likeness (QED) is 0.662. The average molecular weight is 182 g/mol. The Labute approximate surface area is 79.9 Å². The Kier molecular flexibility index (Phi) is 2.64. The van der Waals surface area contributed by atoms with E-state index in [2.05, 4.69) is 6.58 Å². The second-order valence-corrected chi connectivity index (χ2v) is 4.31. The summed E-state index contributed by atoms with van der Waals surface area (Å²) in [6, 6.07) is 0. The van der Waals surface area contributed by atoms with Crippen molar-refractivity contribution in [1.29, 1.82) is 0 Å². The third kappa shape index (κ3) is 2.20. The highest BCUT2D eigenvalue weighted by molar-refractivity contribution is 5.13. The van der Waals surface area contributed by atoms with Gasteiger partial charge >= 0.3 is 0 Å². The molecular formula is C11H18O2. The summed E-state index contributed by atoms with van der Waals surface area (Å²) in [7, 11) is 0. The molecule has 13 heavy (non-hydrogen) atoms. The van der Waals surface area contributed by atoms with Gasteiger partial charge in [0.1, 0.15) is 6.10 Å². The minimum Gasteiger partial charge on any atom is -0.386 e. The van der Waals surface area contributed by atoms with Gasteiger partial charge in [0.05, 0.1) is 11.2 Å². The van der Waals surface area contributed by atoms with Gasteiger partial charge in [0.15, 0.2) is 0 Å². The van der Waals surface area contributed by atoms with Gasteiger partial charge in [-0.3, -0.25) is 0 Å². The van der Waals surface area contributed by atoms with Crippen LogP contribution in [-0.2, 0) is 4.74 Å². The van der Waals surface area contributed by atoms with E-state index in [4.69, 9.17) is 4.74 Å². The zero-order valence-electron chi connectivity index (χ0n) is 8.58. The lowest BCUT2D eigenvalue weighted by molar-refractivity contribution is -0.156. The maximum Gasteiger partial charge on any atom is 0.101 e. The Morgan fingerprint density at radius 1 is 1.54 bits per heavy atom. The monoisotopic (exact) mass is 182 g/mol. The number of aliphatic hydroxyl groups is 1. The highest BCUT2D eigenvalue weighted by atomic mass is 16.5. The third-order valence-corrected chi connectivity index (χ3v) is 2.39. The lowest BCUT2D eigenvalue weighted by Gasteiger charge is -2.42. The van der Waals surface area contributed by atoms with Crippen molar-refractivity contribution < 1.29 is 9.84 Å². The molecule has 74 valence electrons. The standard InChI is InChI=1S/C11H18O2/c1-5-7-11(4)8-6-9(12)10(2,3)13-11/h5-6,8-9,12H,1,7H2,2-4H3. The highest BCUT2D eigenvalue weighted by Gasteiger charge is 2.38. The van der Waals surface area contributed by atoms with Gasteiger partial charge < -0.3 is 9.84 Å². The summed E-state index contributed by atoms with van der Waals surface area (Å²) in [5.41, 5.74) is -0.822. The summed E-state index contributed by atoms with van der Waals surface area (Å²) in [4.78, 5) is 0. The Morgan fingerprint density at radius 3 is 2.62 bits per heavy atom. The van der Waals surface area contributed by atoms with E-state index < -0.39 is 11.7 Å². The van der Waals surface area contributed by atoms with Crippen LogP contribution in [0.4, 0.5) is 0 Å². The molecule has 0 saturated carbocycles. The molecule has 0 saturated heterocycles. The first kappa shape index (κ1) is 10.5. The summed E-state index contributed by atoms with van der Waals surface area (Å²) >= 11 is 0. The van der Waals surface area contributed by atoms with Crippen LogP contribution < -0.4 is 0 Å². The van der Waals surface area contributed by atoms with E-state index in [-0.39, 0.29) is 5.60 Å². The summed E-state index contributed by atoms with van der Waals surface area (Å²) in [6.07, 6.45) is 5.78. The lowest BCUT2D eigenvalue weighted by Crippen LogP contribution is -2.48. The van der Waals surface area contributed by atoms with E-state index in [1.165, 1.54) is 0 Å². The minimum absolute atomic E-state index is 0.315. The van der Waals surface area contributed by atoms with Gasteiger partial charge in [0.2, 0.25) is 0 Å². The first-order valence-electron chi connectivity index (χ1n) is 4.58. The summed E-state index contributed by atoms with van der Waals surface area (Å²) < 4.78 is 5.81. The maximum absolute atomic E-state index is 9.60. The van der Waals surface area contributed by atoms with E-state index in [0.717, 1.165) is 6.42 Å². The van der Waals surface area contributed by atoms with Crippen molar-refractivity contribution in [1.82, 2.24) is 0 Å². The van der Waals surface area contributed by atoms with Gasteiger partial charge in [-0.15, -0.1) is 6.58 Å². The van der Waals surface area contributed by atoms with Crippen LogP contribution in [0.5, 0.6) is 0 Å². The minimum atomic E-state index is -0.523. The predicted octanol–water partition coefficient (Wildman–Crippen LogP) is 2.05. The SMILES string of the molecule is C=CCC1(C)C=CC(O)C(C)(C)O1. The molecule has 0 aromatic rings. The van der Waals surface area contributed by atoms with Gasteiger partial charge in [-0.25, -0.2) is 0 Å². The van der Waals surface area contributed by atoms with E-state index >= 15 is 0 Å². The summed E-state index contributed by atoms with van der Waals surface area (Å²) in [6.45, 7) is 9.47. The molecule has 1 heterocycles. The molecule has 1 aliphatic rings. The van der Waals surface area contributed by atoms with Crippen LogP contribution in [-0.4, -0.2) is 22.4 Å². The van der Waals surface area contributed by atoms with Crippen molar-refractivity contribution in [3.05, 3.63) is 24.8 Å². The van der Waals surface area contributed by atoms with Crippen molar-refractivity contribution in [2.75, 3.05) is 0 Å². The zero-order chi connectivity index (χ0) is 10.1. The van der Waals surface area contributed by atoms with Crippen LogP contribution in [0.2, 0.25) is 0 Å². The maximum atomic E-state index is 9.60. The van der Waals surface area contributed by atoms with Crippen LogP contribution in [0.3, 0.4) is 0 Å². The van der Waals surface area contributed by atoms with Crippen LogP contribution in [0, 0.1) is 0 Å². The molecule has 1 N–H and O–H groups in total. The molecule has 1 rings (SSSR count). The Bertz CT molecular complexity index is 230. The molecule has 2 atom stereocenters. The van der Waals surface area contributed by atoms with Crippen LogP contribution in [0.15, 0.2) is 24.8 Å². The highest BCUT2D eigenvalue weighted by Crippen LogP contribution is 2.32. The fourth-order valence-corrected chi connectivity index (χ4v) is 1.62. The second-order valence-electron chi connectivity index (χ2n) is 4.31. The number of ether oxygens (including phenoxy) is 1. The normalized spacial score (nSPS) is 37.4. The predicted molar refractivity (Wildman–Crippen MR) is 53.5 cm³/mol. The van der Waals surface area contributed by atoms with Gasteiger partial charge in [0, 0.05) is 0 Å². The number of rotatable bonds is 2. The van der Waals surface area contributed by atoms with Gasteiger partial charge in [-0.2, -0.15) is 0 Å². The Hall–Kier alpha value is -0.600. The summed E-state index contributed by atoms with van der Waals surface area (Å²) in [5.74, 6) is 0. The van der Waals surface area contributed by atoms with E-state index in [9.17, 15) is 5.11 Å². The topological polar surface area (TPSA) is 29.5 Å². The molecule has 2 heteroatoms. The Balaban J connectivity index is 2.84. The summed E-state index contributed by atoms with van der Waals surface area (Å²) in [5, 5.41) is 9.60.